The summed E-state index contributed by atoms with van der Waals surface area (Å²) in [5.41, 5.74) is 10.9. The Hall–Kier alpha value is -5.46. The van der Waals surface area contributed by atoms with Crippen LogP contribution in [0.5, 0.6) is 0 Å². The minimum Gasteiger partial charge on any atom is -0.0696 e. The molecule has 2 aliphatic rings. The highest BCUT2D eigenvalue weighted by Gasteiger charge is 2.19. The van der Waals surface area contributed by atoms with Crippen molar-refractivity contribution in [3.8, 4) is 0 Å². The maximum absolute atomic E-state index is 2.50. The fourth-order valence-electron chi connectivity index (χ4n) is 9.46. The number of fused-ring (bicyclic) bond motifs is 4. The van der Waals surface area contributed by atoms with Gasteiger partial charge in [-0.1, -0.05) is 164 Å². The smallest absolute Gasteiger partial charge is 0.00137 e. The first-order valence-corrected chi connectivity index (χ1v) is 19.6. The molecule has 8 aromatic carbocycles. The third kappa shape index (κ3) is 5.53. The van der Waals surface area contributed by atoms with E-state index in [1.807, 2.05) is 0 Å². The van der Waals surface area contributed by atoms with E-state index in [9.17, 15) is 0 Å². The Balaban J connectivity index is 1.21. The van der Waals surface area contributed by atoms with Gasteiger partial charge in [0.05, 0.1) is 0 Å². The van der Waals surface area contributed by atoms with Crippen LogP contribution in [0.15, 0.2) is 139 Å². The first kappa shape index (κ1) is 31.3. The minimum atomic E-state index is 1.24. The van der Waals surface area contributed by atoms with Gasteiger partial charge in [-0.05, 0) is 145 Å². The molecule has 0 atom stereocenters. The van der Waals surface area contributed by atoms with E-state index in [0.29, 0.717) is 0 Å². The lowest BCUT2D eigenvalue weighted by atomic mass is 9.84. The lowest BCUT2D eigenvalue weighted by molar-refractivity contribution is 0.602. The molecule has 0 aliphatic heterocycles. The maximum atomic E-state index is 2.50. The Labute approximate surface area is 307 Å². The average Bonchev–Trinajstić information content (AvgIpc) is 3.20. The summed E-state index contributed by atoms with van der Waals surface area (Å²) in [6.45, 7) is 0. The van der Waals surface area contributed by atoms with E-state index in [-0.39, 0.29) is 0 Å². The average molecular weight is 669 g/mol. The van der Waals surface area contributed by atoms with Crippen molar-refractivity contribution in [2.24, 2.45) is 0 Å². The summed E-state index contributed by atoms with van der Waals surface area (Å²) in [5.74, 6) is 0. The SMILES string of the molecule is C(=C1CCCCC1)c1ccc(C(=Cc2c3ccccc3c3c4cccc5cccc(c6cccc2c63)c54)c2ccc(C=C3CCCCC3)cc2)cc1. The Morgan fingerprint density at radius 3 is 1.40 bits per heavy atom. The van der Waals surface area contributed by atoms with Gasteiger partial charge in [-0.3, -0.25) is 0 Å². The van der Waals surface area contributed by atoms with Crippen LogP contribution in [-0.4, -0.2) is 0 Å². The van der Waals surface area contributed by atoms with Crippen LogP contribution < -0.4 is 0 Å². The van der Waals surface area contributed by atoms with Crippen LogP contribution in [0.1, 0.15) is 92.0 Å². The molecule has 8 aromatic rings. The number of hydrogen-bond acceptors (Lipinski definition) is 0. The standard InChI is InChI=1S/C52H44/c1-3-12-35(13-4-1)32-37-24-28-39(29-25-37)48(40-30-26-38(27-31-40)33-36-14-5-2-6-15-36)34-49-42-18-7-8-19-43(42)52-47-23-10-17-41-16-9-20-44(50(41)47)45-21-11-22-46(49)51(45)52/h7-11,16-34H,1-6,12-15H2. The summed E-state index contributed by atoms with van der Waals surface area (Å²) in [6, 6.07) is 48.4. The largest absolute Gasteiger partial charge is 0.0696 e. The van der Waals surface area contributed by atoms with E-state index in [1.165, 1.54) is 151 Å². The minimum absolute atomic E-state index is 1.24. The van der Waals surface area contributed by atoms with Crippen LogP contribution in [0, 0.1) is 0 Å². The molecule has 0 nitrogen and oxygen atoms in total. The number of benzene rings is 8. The Morgan fingerprint density at radius 2 is 0.808 bits per heavy atom. The van der Waals surface area contributed by atoms with Crippen molar-refractivity contribution >= 4 is 77.7 Å². The fraction of sp³-hybridized carbons (Fsp3) is 0.192. The van der Waals surface area contributed by atoms with Crippen molar-refractivity contribution in [2.75, 3.05) is 0 Å². The second-order valence-corrected chi connectivity index (χ2v) is 15.3. The van der Waals surface area contributed by atoms with Crippen molar-refractivity contribution in [2.45, 2.75) is 64.2 Å². The molecule has 10 rings (SSSR count). The van der Waals surface area contributed by atoms with Gasteiger partial charge in [0.25, 0.3) is 0 Å². The van der Waals surface area contributed by atoms with E-state index in [1.54, 1.807) is 11.1 Å². The zero-order chi connectivity index (χ0) is 34.4. The quantitative estimate of drug-likeness (QED) is 0.0973. The number of rotatable bonds is 5. The fourth-order valence-corrected chi connectivity index (χ4v) is 9.46. The van der Waals surface area contributed by atoms with E-state index >= 15 is 0 Å². The summed E-state index contributed by atoms with van der Waals surface area (Å²) in [4.78, 5) is 0. The van der Waals surface area contributed by atoms with Crippen LogP contribution in [0.3, 0.4) is 0 Å². The normalized spacial score (nSPS) is 15.2. The molecule has 0 aromatic heterocycles. The molecule has 0 heteroatoms. The summed E-state index contributed by atoms with van der Waals surface area (Å²) >= 11 is 0. The molecule has 0 saturated heterocycles. The molecule has 2 saturated carbocycles. The van der Waals surface area contributed by atoms with Crippen molar-refractivity contribution in [1.82, 2.24) is 0 Å². The predicted octanol–water partition coefficient (Wildman–Crippen LogP) is 15.2. The number of allylic oxidation sites excluding steroid dienone is 2. The van der Waals surface area contributed by atoms with Crippen LogP contribution in [-0.2, 0) is 0 Å². The third-order valence-electron chi connectivity index (χ3n) is 12.0. The van der Waals surface area contributed by atoms with Crippen LogP contribution in [0.4, 0.5) is 0 Å². The van der Waals surface area contributed by atoms with Gasteiger partial charge in [-0.2, -0.15) is 0 Å². The van der Waals surface area contributed by atoms with Gasteiger partial charge in [-0.15, -0.1) is 0 Å². The topological polar surface area (TPSA) is 0 Å². The molecule has 0 unspecified atom stereocenters. The molecule has 2 fully saturated rings. The Bertz CT molecular complexity index is 2600. The van der Waals surface area contributed by atoms with E-state index in [0.717, 1.165) is 0 Å². The van der Waals surface area contributed by atoms with Crippen LogP contribution in [0.2, 0.25) is 0 Å². The summed E-state index contributed by atoms with van der Waals surface area (Å²) in [5, 5.41) is 13.3. The summed E-state index contributed by atoms with van der Waals surface area (Å²) in [7, 11) is 0. The molecule has 0 bridgehead atoms. The molecule has 0 spiro atoms. The van der Waals surface area contributed by atoms with Gasteiger partial charge < -0.3 is 0 Å². The zero-order valence-electron chi connectivity index (χ0n) is 29.9. The zero-order valence-corrected chi connectivity index (χ0v) is 29.9. The summed E-state index contributed by atoms with van der Waals surface area (Å²) < 4.78 is 0. The Morgan fingerprint density at radius 1 is 0.365 bits per heavy atom. The van der Waals surface area contributed by atoms with E-state index in [2.05, 4.69) is 146 Å². The van der Waals surface area contributed by atoms with Gasteiger partial charge in [0, 0.05) is 0 Å². The molecule has 0 heterocycles. The highest BCUT2D eigenvalue weighted by Crippen LogP contribution is 2.46. The van der Waals surface area contributed by atoms with Gasteiger partial charge in [0.1, 0.15) is 0 Å². The molecule has 0 amide bonds. The van der Waals surface area contributed by atoms with Gasteiger partial charge in [0.2, 0.25) is 0 Å². The molecular formula is C52H44. The number of hydrogen-bond donors (Lipinski definition) is 0. The Kier molecular flexibility index (Phi) is 7.98. The van der Waals surface area contributed by atoms with Gasteiger partial charge in [0.15, 0.2) is 0 Å². The van der Waals surface area contributed by atoms with Crippen molar-refractivity contribution in [1.29, 1.82) is 0 Å². The molecule has 2 aliphatic carbocycles. The van der Waals surface area contributed by atoms with Crippen molar-refractivity contribution in [3.63, 3.8) is 0 Å². The lowest BCUT2D eigenvalue weighted by Crippen LogP contribution is -1.95. The molecular weight excluding hydrogens is 625 g/mol. The maximum Gasteiger partial charge on any atom is -0.00137 e. The van der Waals surface area contributed by atoms with E-state index < -0.39 is 0 Å². The van der Waals surface area contributed by atoms with Crippen molar-refractivity contribution in [3.05, 3.63) is 166 Å². The van der Waals surface area contributed by atoms with Crippen LogP contribution in [0.25, 0.3) is 77.7 Å². The molecule has 0 radical (unpaired) electrons. The first-order valence-electron chi connectivity index (χ1n) is 19.6. The second kappa shape index (κ2) is 13.3. The summed E-state index contributed by atoms with van der Waals surface area (Å²) in [6.07, 6.45) is 20.4. The van der Waals surface area contributed by atoms with E-state index in [4.69, 9.17) is 0 Å². The highest BCUT2D eigenvalue weighted by atomic mass is 14.2. The molecule has 252 valence electrons. The lowest BCUT2D eigenvalue weighted by Gasteiger charge is -2.19. The highest BCUT2D eigenvalue weighted by molar-refractivity contribution is 6.39. The molecule has 52 heavy (non-hydrogen) atoms. The van der Waals surface area contributed by atoms with Gasteiger partial charge >= 0.3 is 0 Å². The third-order valence-corrected chi connectivity index (χ3v) is 12.0. The predicted molar refractivity (Wildman–Crippen MR) is 227 cm³/mol. The first-order chi connectivity index (χ1) is 25.8. The van der Waals surface area contributed by atoms with Crippen molar-refractivity contribution < 1.29 is 0 Å². The second-order valence-electron chi connectivity index (χ2n) is 15.3. The van der Waals surface area contributed by atoms with Crippen LogP contribution >= 0.6 is 0 Å². The van der Waals surface area contributed by atoms with Gasteiger partial charge in [-0.25, -0.2) is 0 Å². The monoisotopic (exact) mass is 668 g/mol. The molecule has 0 N–H and O–H groups in total.